The van der Waals surface area contributed by atoms with Crippen LogP contribution in [0.15, 0.2) is 12.2 Å². The number of hydrogen-bond acceptors (Lipinski definition) is 1. The third-order valence-corrected chi connectivity index (χ3v) is 1.20. The number of ether oxygens (including phenoxy) is 1. The average Bonchev–Trinajstić information content (AvgIpc) is 2.03. The molecule has 0 bridgehead atoms. The molecule has 0 aromatic carbocycles. The maximum Gasteiger partial charge on any atom is 0.0656 e. The molecule has 0 atom stereocenters. The summed E-state index contributed by atoms with van der Waals surface area (Å²) in [5.41, 5.74) is 0. The lowest BCUT2D eigenvalue weighted by molar-refractivity contribution is 0.159. The number of unbranched alkanes of at least 4 members (excludes halogenated alkanes) is 1. The molecule has 0 heterocycles. The van der Waals surface area contributed by atoms with Gasteiger partial charge in [0, 0.05) is 6.61 Å². The fourth-order valence-corrected chi connectivity index (χ4v) is 0.588. The normalized spacial score (nSPS) is 9.64. The average molecular weight is 152 g/mol. The predicted molar refractivity (Wildman–Crippen MR) is 48.3 cm³/mol. The van der Waals surface area contributed by atoms with Crippen molar-refractivity contribution in [3.8, 4) is 11.8 Å². The van der Waals surface area contributed by atoms with Gasteiger partial charge in [0.15, 0.2) is 0 Å². The summed E-state index contributed by atoms with van der Waals surface area (Å²) >= 11 is 0. The quantitative estimate of drug-likeness (QED) is 0.434. The van der Waals surface area contributed by atoms with E-state index in [-0.39, 0.29) is 0 Å². The van der Waals surface area contributed by atoms with Crippen molar-refractivity contribution in [3.05, 3.63) is 12.2 Å². The molecule has 1 heteroatoms. The molecule has 0 spiro atoms. The van der Waals surface area contributed by atoms with Crippen molar-refractivity contribution >= 4 is 0 Å². The smallest absolute Gasteiger partial charge is 0.0656 e. The van der Waals surface area contributed by atoms with Gasteiger partial charge in [0.1, 0.15) is 0 Å². The van der Waals surface area contributed by atoms with Gasteiger partial charge in [-0.15, -0.1) is 5.92 Å². The Morgan fingerprint density at radius 1 is 1.45 bits per heavy atom. The Morgan fingerprint density at radius 2 is 2.27 bits per heavy atom. The Bertz CT molecular complexity index is 148. The van der Waals surface area contributed by atoms with Gasteiger partial charge in [-0.05, 0) is 19.4 Å². The van der Waals surface area contributed by atoms with Gasteiger partial charge < -0.3 is 4.74 Å². The molecule has 0 radical (unpaired) electrons. The van der Waals surface area contributed by atoms with Crippen molar-refractivity contribution in [2.75, 3.05) is 13.2 Å². The molecule has 0 saturated heterocycles. The van der Waals surface area contributed by atoms with Crippen molar-refractivity contribution < 1.29 is 4.74 Å². The number of allylic oxidation sites excluding steroid dienone is 1. The maximum atomic E-state index is 5.27. The van der Waals surface area contributed by atoms with Crippen molar-refractivity contribution in [1.82, 2.24) is 0 Å². The van der Waals surface area contributed by atoms with Crippen LogP contribution in [0.3, 0.4) is 0 Å². The predicted octanol–water partition coefficient (Wildman–Crippen LogP) is 2.38. The van der Waals surface area contributed by atoms with Crippen LogP contribution in [0.1, 0.15) is 26.7 Å². The summed E-state index contributed by atoms with van der Waals surface area (Å²) in [5, 5.41) is 0. The highest BCUT2D eigenvalue weighted by Crippen LogP contribution is 1.87. The lowest BCUT2D eigenvalue weighted by Crippen LogP contribution is -1.92. The van der Waals surface area contributed by atoms with Crippen molar-refractivity contribution in [1.29, 1.82) is 0 Å². The zero-order valence-electron chi connectivity index (χ0n) is 7.39. The molecular weight excluding hydrogens is 136 g/mol. The van der Waals surface area contributed by atoms with Crippen molar-refractivity contribution in [3.63, 3.8) is 0 Å². The fraction of sp³-hybridized carbons (Fsp3) is 0.600. The summed E-state index contributed by atoms with van der Waals surface area (Å²) in [4.78, 5) is 0. The van der Waals surface area contributed by atoms with Gasteiger partial charge in [0.25, 0.3) is 0 Å². The van der Waals surface area contributed by atoms with E-state index < -0.39 is 0 Å². The molecule has 0 fully saturated rings. The van der Waals surface area contributed by atoms with E-state index in [1.165, 1.54) is 6.42 Å². The molecule has 62 valence electrons. The molecule has 0 rings (SSSR count). The van der Waals surface area contributed by atoms with E-state index in [1.807, 2.05) is 19.1 Å². The summed E-state index contributed by atoms with van der Waals surface area (Å²) in [6, 6.07) is 0. The highest BCUT2D eigenvalue weighted by atomic mass is 16.5. The van der Waals surface area contributed by atoms with Crippen LogP contribution in [0.5, 0.6) is 0 Å². The van der Waals surface area contributed by atoms with Crippen LogP contribution in [0.2, 0.25) is 0 Å². The SMILES string of the molecule is CC#C/C=C/COCCCC. The molecule has 1 nitrogen and oxygen atoms in total. The third-order valence-electron chi connectivity index (χ3n) is 1.20. The third kappa shape index (κ3) is 9.26. The maximum absolute atomic E-state index is 5.27. The molecule has 0 unspecified atom stereocenters. The van der Waals surface area contributed by atoms with E-state index >= 15 is 0 Å². The minimum Gasteiger partial charge on any atom is -0.377 e. The Hall–Kier alpha value is -0.740. The Balaban J connectivity index is 3.05. The summed E-state index contributed by atoms with van der Waals surface area (Å²) in [6.07, 6.45) is 6.10. The summed E-state index contributed by atoms with van der Waals surface area (Å²) in [7, 11) is 0. The molecule has 0 aliphatic rings. The zero-order valence-corrected chi connectivity index (χ0v) is 7.39. The van der Waals surface area contributed by atoms with Crippen LogP contribution in [-0.2, 0) is 4.74 Å². The monoisotopic (exact) mass is 152 g/mol. The molecule has 11 heavy (non-hydrogen) atoms. The summed E-state index contributed by atoms with van der Waals surface area (Å²) in [6.45, 7) is 5.53. The second kappa shape index (κ2) is 9.26. The van der Waals surface area contributed by atoms with Gasteiger partial charge in [-0.1, -0.05) is 25.3 Å². The number of rotatable bonds is 5. The second-order valence-electron chi connectivity index (χ2n) is 2.23. The molecular formula is C10H16O. The van der Waals surface area contributed by atoms with Gasteiger partial charge in [0.2, 0.25) is 0 Å². The first-order valence-corrected chi connectivity index (χ1v) is 4.06. The van der Waals surface area contributed by atoms with Crippen LogP contribution >= 0.6 is 0 Å². The van der Waals surface area contributed by atoms with Crippen molar-refractivity contribution in [2.24, 2.45) is 0 Å². The number of hydrogen-bond donors (Lipinski definition) is 0. The molecule has 0 amide bonds. The molecule has 0 aromatic heterocycles. The Kier molecular flexibility index (Phi) is 8.64. The van der Waals surface area contributed by atoms with Gasteiger partial charge in [0.05, 0.1) is 6.61 Å². The molecule has 0 aliphatic carbocycles. The Morgan fingerprint density at radius 3 is 2.91 bits per heavy atom. The van der Waals surface area contributed by atoms with Gasteiger partial charge in [-0.2, -0.15) is 0 Å². The summed E-state index contributed by atoms with van der Waals surface area (Å²) in [5.74, 6) is 5.61. The first kappa shape index (κ1) is 10.3. The molecule has 0 saturated carbocycles. The van der Waals surface area contributed by atoms with Crippen LogP contribution in [-0.4, -0.2) is 13.2 Å². The van der Waals surface area contributed by atoms with Crippen LogP contribution in [0, 0.1) is 11.8 Å². The summed E-state index contributed by atoms with van der Waals surface area (Å²) < 4.78 is 5.27. The minimum atomic E-state index is 0.689. The Labute approximate surface area is 69.4 Å². The highest BCUT2D eigenvalue weighted by molar-refractivity contribution is 5.13. The molecule has 0 N–H and O–H groups in total. The van der Waals surface area contributed by atoms with E-state index in [9.17, 15) is 0 Å². The topological polar surface area (TPSA) is 9.23 Å². The van der Waals surface area contributed by atoms with Crippen LogP contribution in [0.4, 0.5) is 0 Å². The van der Waals surface area contributed by atoms with E-state index in [4.69, 9.17) is 4.74 Å². The fourth-order valence-electron chi connectivity index (χ4n) is 0.588. The lowest BCUT2D eigenvalue weighted by Gasteiger charge is -1.96. The van der Waals surface area contributed by atoms with Gasteiger partial charge >= 0.3 is 0 Å². The van der Waals surface area contributed by atoms with E-state index in [1.54, 1.807) is 0 Å². The zero-order chi connectivity index (χ0) is 8.36. The van der Waals surface area contributed by atoms with E-state index in [0.29, 0.717) is 6.61 Å². The van der Waals surface area contributed by atoms with Crippen molar-refractivity contribution in [2.45, 2.75) is 26.7 Å². The van der Waals surface area contributed by atoms with Gasteiger partial charge in [-0.25, -0.2) is 0 Å². The highest BCUT2D eigenvalue weighted by Gasteiger charge is 1.81. The second-order valence-corrected chi connectivity index (χ2v) is 2.23. The van der Waals surface area contributed by atoms with Crippen LogP contribution in [0.25, 0.3) is 0 Å². The standard InChI is InChI=1S/C10H16O/c1-3-5-7-8-10-11-9-6-4-2/h7-8H,4,6,9-10H2,1-2H3/b8-7+. The van der Waals surface area contributed by atoms with Crippen LogP contribution < -0.4 is 0 Å². The minimum absolute atomic E-state index is 0.689. The van der Waals surface area contributed by atoms with E-state index in [2.05, 4.69) is 18.8 Å². The largest absolute Gasteiger partial charge is 0.377 e. The first-order chi connectivity index (χ1) is 5.41. The van der Waals surface area contributed by atoms with E-state index in [0.717, 1.165) is 13.0 Å². The molecule has 0 aromatic rings. The first-order valence-electron chi connectivity index (χ1n) is 4.06. The molecule has 0 aliphatic heterocycles. The van der Waals surface area contributed by atoms with Gasteiger partial charge in [-0.3, -0.25) is 0 Å². The lowest BCUT2D eigenvalue weighted by atomic mass is 10.4.